The molecule has 0 aliphatic rings. The lowest BCUT2D eigenvalue weighted by Gasteiger charge is -2.47. The Balaban J connectivity index is 3.54. The Morgan fingerprint density at radius 3 is 1.50 bits per heavy atom. The summed E-state index contributed by atoms with van der Waals surface area (Å²) in [5.74, 6) is -2.59. The SMILES string of the molecule is CC(OC(C(C)(C)C)(C(F)(F)F)C(F)(F)F)c1c(F)cccc1F. The van der Waals surface area contributed by atoms with E-state index in [9.17, 15) is 35.1 Å². The number of benzene rings is 1. The van der Waals surface area contributed by atoms with Crippen LogP contribution in [0.2, 0.25) is 0 Å². The summed E-state index contributed by atoms with van der Waals surface area (Å²) in [6, 6.07) is 2.38. The van der Waals surface area contributed by atoms with Crippen molar-refractivity contribution in [3.05, 3.63) is 35.4 Å². The van der Waals surface area contributed by atoms with Gasteiger partial charge < -0.3 is 4.74 Å². The van der Waals surface area contributed by atoms with Gasteiger partial charge in [0, 0.05) is 5.41 Å². The van der Waals surface area contributed by atoms with E-state index in [0.29, 0.717) is 20.8 Å². The largest absolute Gasteiger partial charge is 0.427 e. The molecule has 0 saturated carbocycles. The Morgan fingerprint density at radius 1 is 0.833 bits per heavy atom. The molecule has 138 valence electrons. The summed E-state index contributed by atoms with van der Waals surface area (Å²) < 4.78 is 112. The summed E-state index contributed by atoms with van der Waals surface area (Å²) in [5.41, 5.74) is -8.10. The number of hydrogen-bond acceptors (Lipinski definition) is 1. The van der Waals surface area contributed by atoms with Crippen molar-refractivity contribution in [2.24, 2.45) is 5.41 Å². The third-order valence-electron chi connectivity index (χ3n) is 3.61. The van der Waals surface area contributed by atoms with Crippen molar-refractivity contribution in [1.29, 1.82) is 0 Å². The quantitative estimate of drug-likeness (QED) is 0.602. The Morgan fingerprint density at radius 2 is 1.21 bits per heavy atom. The molecule has 1 atom stereocenters. The second-order valence-electron chi connectivity index (χ2n) is 6.32. The molecule has 1 aromatic rings. The van der Waals surface area contributed by atoms with Gasteiger partial charge in [-0.1, -0.05) is 26.8 Å². The Bertz CT molecular complexity index is 526. The van der Waals surface area contributed by atoms with Gasteiger partial charge in [0.05, 0.1) is 11.7 Å². The molecular formula is C15H16F8O. The van der Waals surface area contributed by atoms with Crippen molar-refractivity contribution in [3.8, 4) is 0 Å². The molecule has 0 bridgehead atoms. The number of ether oxygens (including phenoxy) is 1. The fourth-order valence-electron chi connectivity index (χ4n) is 2.54. The van der Waals surface area contributed by atoms with Crippen molar-refractivity contribution in [2.45, 2.75) is 51.8 Å². The summed E-state index contributed by atoms with van der Waals surface area (Å²) in [7, 11) is 0. The van der Waals surface area contributed by atoms with Gasteiger partial charge in [-0.2, -0.15) is 26.3 Å². The van der Waals surface area contributed by atoms with E-state index in [1.54, 1.807) is 0 Å². The first-order valence-electron chi connectivity index (χ1n) is 6.81. The van der Waals surface area contributed by atoms with Crippen LogP contribution in [-0.4, -0.2) is 18.0 Å². The Kier molecular flexibility index (Phi) is 5.31. The maximum absolute atomic E-state index is 13.7. The molecule has 0 amide bonds. The molecular weight excluding hydrogens is 348 g/mol. The van der Waals surface area contributed by atoms with Gasteiger partial charge in [-0.05, 0) is 19.1 Å². The van der Waals surface area contributed by atoms with Crippen molar-refractivity contribution >= 4 is 0 Å². The van der Waals surface area contributed by atoms with E-state index in [2.05, 4.69) is 4.74 Å². The number of halogens is 8. The van der Waals surface area contributed by atoms with Crippen LogP contribution in [0.25, 0.3) is 0 Å². The Hall–Kier alpha value is -1.38. The van der Waals surface area contributed by atoms with Crippen LogP contribution in [0.5, 0.6) is 0 Å². The van der Waals surface area contributed by atoms with Crippen LogP contribution >= 0.6 is 0 Å². The van der Waals surface area contributed by atoms with Crippen LogP contribution < -0.4 is 0 Å². The maximum Gasteiger partial charge on any atom is 0.427 e. The summed E-state index contributed by atoms with van der Waals surface area (Å²) >= 11 is 0. The van der Waals surface area contributed by atoms with Gasteiger partial charge in [0.25, 0.3) is 5.60 Å². The zero-order chi connectivity index (χ0) is 19.1. The maximum atomic E-state index is 13.7. The van der Waals surface area contributed by atoms with Crippen LogP contribution in [0.1, 0.15) is 39.4 Å². The van der Waals surface area contributed by atoms with Crippen molar-refractivity contribution in [2.75, 3.05) is 0 Å². The van der Waals surface area contributed by atoms with E-state index in [-0.39, 0.29) is 0 Å². The molecule has 0 heterocycles. The van der Waals surface area contributed by atoms with Crippen molar-refractivity contribution < 1.29 is 39.9 Å². The third kappa shape index (κ3) is 3.36. The van der Waals surface area contributed by atoms with E-state index in [1.807, 2.05) is 0 Å². The van der Waals surface area contributed by atoms with Crippen LogP contribution in [0.3, 0.4) is 0 Å². The highest BCUT2D eigenvalue weighted by atomic mass is 19.4. The lowest BCUT2D eigenvalue weighted by atomic mass is 9.74. The summed E-state index contributed by atoms with van der Waals surface area (Å²) in [5, 5.41) is 0. The monoisotopic (exact) mass is 364 g/mol. The average molecular weight is 364 g/mol. The van der Waals surface area contributed by atoms with Crippen LogP contribution in [0, 0.1) is 17.0 Å². The topological polar surface area (TPSA) is 9.23 Å². The predicted octanol–water partition coefficient (Wildman–Crippen LogP) is 5.95. The fourth-order valence-corrected chi connectivity index (χ4v) is 2.54. The van der Waals surface area contributed by atoms with Gasteiger partial charge in [0.2, 0.25) is 0 Å². The molecule has 1 aromatic carbocycles. The van der Waals surface area contributed by atoms with Gasteiger partial charge in [-0.15, -0.1) is 0 Å². The van der Waals surface area contributed by atoms with Crippen molar-refractivity contribution in [3.63, 3.8) is 0 Å². The van der Waals surface area contributed by atoms with Gasteiger partial charge in [0.15, 0.2) is 0 Å². The number of rotatable bonds is 3. The first-order chi connectivity index (χ1) is 10.6. The smallest absolute Gasteiger partial charge is 0.349 e. The minimum atomic E-state index is -5.86. The molecule has 0 spiro atoms. The molecule has 0 fully saturated rings. The van der Waals surface area contributed by atoms with Crippen LogP contribution in [0.4, 0.5) is 35.1 Å². The van der Waals surface area contributed by atoms with Crippen LogP contribution in [0.15, 0.2) is 18.2 Å². The van der Waals surface area contributed by atoms with E-state index in [4.69, 9.17) is 0 Å². The fraction of sp³-hybridized carbons (Fsp3) is 0.600. The third-order valence-corrected chi connectivity index (χ3v) is 3.61. The van der Waals surface area contributed by atoms with Gasteiger partial charge in [-0.3, -0.25) is 0 Å². The van der Waals surface area contributed by atoms with E-state index in [1.165, 1.54) is 0 Å². The zero-order valence-electron chi connectivity index (χ0n) is 13.2. The molecule has 1 nitrogen and oxygen atoms in total. The highest BCUT2D eigenvalue weighted by Gasteiger charge is 2.77. The zero-order valence-corrected chi connectivity index (χ0v) is 13.2. The summed E-state index contributed by atoms with van der Waals surface area (Å²) in [6.45, 7) is 2.81. The first-order valence-corrected chi connectivity index (χ1v) is 6.81. The number of hydrogen-bond donors (Lipinski definition) is 0. The number of alkyl halides is 6. The second-order valence-corrected chi connectivity index (χ2v) is 6.32. The minimum Gasteiger partial charge on any atom is -0.349 e. The molecule has 0 radical (unpaired) electrons. The molecule has 1 rings (SSSR count). The molecule has 24 heavy (non-hydrogen) atoms. The minimum absolute atomic E-state index is 0.693. The summed E-state index contributed by atoms with van der Waals surface area (Å²) in [4.78, 5) is 0. The summed E-state index contributed by atoms with van der Waals surface area (Å²) in [6.07, 6.45) is -13.9. The highest BCUT2D eigenvalue weighted by Crippen LogP contribution is 2.57. The Labute approximate surface area is 133 Å². The lowest BCUT2D eigenvalue weighted by molar-refractivity contribution is -0.419. The van der Waals surface area contributed by atoms with E-state index < -0.39 is 46.7 Å². The molecule has 0 N–H and O–H groups in total. The first kappa shape index (κ1) is 20.7. The van der Waals surface area contributed by atoms with Gasteiger partial charge in [0.1, 0.15) is 11.6 Å². The standard InChI is InChI=1S/C15H16F8O/c1-8(11-9(16)6-5-7-10(11)17)24-13(12(2,3)4,14(18,19)20)15(21,22)23/h5-8H,1-4H3. The average Bonchev–Trinajstić information content (AvgIpc) is 2.30. The van der Waals surface area contributed by atoms with E-state index in [0.717, 1.165) is 25.1 Å². The predicted molar refractivity (Wildman–Crippen MR) is 70.2 cm³/mol. The molecule has 1 unspecified atom stereocenters. The molecule has 0 aliphatic carbocycles. The van der Waals surface area contributed by atoms with Crippen LogP contribution in [-0.2, 0) is 4.74 Å². The van der Waals surface area contributed by atoms with Crippen molar-refractivity contribution in [1.82, 2.24) is 0 Å². The molecule has 9 heteroatoms. The van der Waals surface area contributed by atoms with E-state index >= 15 is 0 Å². The lowest BCUT2D eigenvalue weighted by Crippen LogP contribution is -2.66. The normalized spacial score (nSPS) is 15.5. The second kappa shape index (κ2) is 6.16. The molecule has 0 aromatic heterocycles. The van der Waals surface area contributed by atoms with Gasteiger partial charge >= 0.3 is 12.4 Å². The molecule has 0 saturated heterocycles. The highest BCUT2D eigenvalue weighted by molar-refractivity contribution is 5.22. The molecule has 0 aliphatic heterocycles. The van der Waals surface area contributed by atoms with Gasteiger partial charge in [-0.25, -0.2) is 8.78 Å².